The summed E-state index contributed by atoms with van der Waals surface area (Å²) in [6, 6.07) is 4.38. The van der Waals surface area contributed by atoms with E-state index >= 15 is 0 Å². The van der Waals surface area contributed by atoms with Gasteiger partial charge in [-0.3, -0.25) is 4.90 Å². The number of fused-ring (bicyclic) bond motifs is 1. The third-order valence-corrected chi connectivity index (χ3v) is 8.19. The number of anilines is 2. The Morgan fingerprint density at radius 1 is 0.978 bits per heavy atom. The fourth-order valence-electron chi connectivity index (χ4n) is 5.58. The number of allylic oxidation sites excluding steroid dienone is 2. The number of hydrogen-bond acceptors (Lipinski definition) is 9. The average molecular weight is 630 g/mol. The number of nitrogens with zero attached hydrogens (tertiary/aromatic N) is 4. The number of ether oxygens (including phenoxy) is 2. The van der Waals surface area contributed by atoms with Gasteiger partial charge in [0, 0.05) is 64.4 Å². The molecular weight excluding hydrogens is 566 g/mol. The first-order valence-electron chi connectivity index (χ1n) is 17.0. The molecule has 2 aliphatic rings. The first-order valence-corrected chi connectivity index (χ1v) is 17.0. The van der Waals surface area contributed by atoms with E-state index in [9.17, 15) is 0 Å². The zero-order chi connectivity index (χ0) is 33.6. The van der Waals surface area contributed by atoms with Gasteiger partial charge in [-0.25, -0.2) is 4.98 Å². The molecule has 4 rings (SSSR count). The van der Waals surface area contributed by atoms with Crippen LogP contribution in [0.5, 0.6) is 11.5 Å². The Morgan fingerprint density at radius 3 is 2.22 bits per heavy atom. The Bertz CT molecular complexity index is 1130. The van der Waals surface area contributed by atoms with E-state index in [1.807, 2.05) is 26.0 Å². The van der Waals surface area contributed by atoms with Crippen LogP contribution < -0.4 is 19.7 Å². The highest BCUT2D eigenvalue weighted by Crippen LogP contribution is 2.36. The molecule has 0 bridgehead atoms. The number of methoxy groups -OCH3 is 2. The highest BCUT2D eigenvalue weighted by atomic mass is 16.5. The number of aromatic nitrogens is 2. The summed E-state index contributed by atoms with van der Waals surface area (Å²) in [5.74, 6) is 3.84. The molecule has 45 heavy (non-hydrogen) atoms. The van der Waals surface area contributed by atoms with Crippen LogP contribution in [0.4, 0.5) is 11.8 Å². The van der Waals surface area contributed by atoms with Crippen molar-refractivity contribution in [3.05, 3.63) is 35.9 Å². The maximum atomic E-state index is 7.00. The Labute approximate surface area is 273 Å². The van der Waals surface area contributed by atoms with Gasteiger partial charge in [0.25, 0.3) is 0 Å². The molecule has 1 aromatic carbocycles. The molecular formula is C36H63N5O4. The van der Waals surface area contributed by atoms with E-state index in [0.717, 1.165) is 101 Å². The summed E-state index contributed by atoms with van der Waals surface area (Å²) in [7, 11) is 5.36. The summed E-state index contributed by atoms with van der Waals surface area (Å²) in [5.41, 5.74) is 2.35. The van der Waals surface area contributed by atoms with E-state index in [2.05, 4.69) is 54.1 Å². The van der Waals surface area contributed by atoms with Crippen LogP contribution in [0.3, 0.4) is 0 Å². The van der Waals surface area contributed by atoms with E-state index in [1.54, 1.807) is 14.2 Å². The van der Waals surface area contributed by atoms with Gasteiger partial charge in [-0.15, -0.1) is 0 Å². The maximum Gasteiger partial charge on any atom is 0.227 e. The quantitative estimate of drug-likeness (QED) is 0.202. The standard InChI is InChI=1S/C32H49N5O2.C2H6.2CH4O/c1-6-17-37(18-11-12-24(3)7-2)32-34-28-22-30(39-5)29(38-4)21-27(28)31(35-32)33-26-15-19-36(20-16-26)23-25-13-9-8-10-14-25;3*1-2/h9,13-14,21-22,24,26H,6-8,10-12,15-20,23H2,1-5H3,(H,33,34,35);1-2H3;2*2H,1H3. The highest BCUT2D eigenvalue weighted by Gasteiger charge is 2.23. The fraction of sp³-hybridized carbons (Fsp3) is 0.667. The summed E-state index contributed by atoms with van der Waals surface area (Å²) >= 11 is 0. The molecule has 0 saturated carbocycles. The summed E-state index contributed by atoms with van der Waals surface area (Å²) < 4.78 is 11.3. The minimum absolute atomic E-state index is 0.376. The Hall–Kier alpha value is -2.88. The van der Waals surface area contributed by atoms with E-state index in [0.29, 0.717) is 17.5 Å². The van der Waals surface area contributed by atoms with E-state index in [4.69, 9.17) is 29.7 Å². The lowest BCUT2D eigenvalue weighted by Gasteiger charge is -2.33. The van der Waals surface area contributed by atoms with E-state index in [-0.39, 0.29) is 0 Å². The second-order valence-corrected chi connectivity index (χ2v) is 11.2. The van der Waals surface area contributed by atoms with Crippen molar-refractivity contribution in [2.75, 3.05) is 71.4 Å². The van der Waals surface area contributed by atoms with Crippen molar-refractivity contribution in [2.45, 2.75) is 92.0 Å². The SMILES string of the molecule is CC.CCCN(CCCC(C)CC)c1nc(NC2CCN(CC3=CCCC=C3)CC2)c2cc(OC)c(OC)cc2n1.CO.CO. The molecule has 0 spiro atoms. The molecule has 1 saturated heterocycles. The molecule has 1 atom stereocenters. The average Bonchev–Trinajstić information content (AvgIpc) is 3.11. The lowest BCUT2D eigenvalue weighted by molar-refractivity contribution is 0.236. The molecule has 1 aliphatic heterocycles. The highest BCUT2D eigenvalue weighted by molar-refractivity contribution is 5.93. The van der Waals surface area contributed by atoms with Crippen LogP contribution >= 0.6 is 0 Å². The molecule has 0 radical (unpaired) electrons. The van der Waals surface area contributed by atoms with Gasteiger partial charge in [0.1, 0.15) is 5.82 Å². The monoisotopic (exact) mass is 629 g/mol. The lowest BCUT2D eigenvalue weighted by atomic mass is 10.0. The van der Waals surface area contributed by atoms with Crippen LogP contribution in [0.2, 0.25) is 0 Å². The number of benzene rings is 1. The topological polar surface area (TPSA) is 103 Å². The van der Waals surface area contributed by atoms with Crippen molar-refractivity contribution in [3.63, 3.8) is 0 Å². The molecule has 1 aliphatic carbocycles. The van der Waals surface area contributed by atoms with Gasteiger partial charge in [-0.1, -0.05) is 59.3 Å². The first-order chi connectivity index (χ1) is 22.0. The molecule has 2 heterocycles. The fourth-order valence-corrected chi connectivity index (χ4v) is 5.58. The molecule has 1 unspecified atom stereocenters. The molecule has 9 heteroatoms. The van der Waals surface area contributed by atoms with Crippen molar-refractivity contribution in [1.29, 1.82) is 0 Å². The predicted octanol–water partition coefficient (Wildman–Crippen LogP) is 7.09. The molecule has 9 nitrogen and oxygen atoms in total. The Kier molecular flexibility index (Phi) is 20.9. The second-order valence-electron chi connectivity index (χ2n) is 11.2. The van der Waals surface area contributed by atoms with Crippen molar-refractivity contribution in [2.24, 2.45) is 5.92 Å². The van der Waals surface area contributed by atoms with Crippen molar-refractivity contribution < 1.29 is 19.7 Å². The summed E-state index contributed by atoms with van der Waals surface area (Å²) in [6.07, 6.45) is 16.2. The van der Waals surface area contributed by atoms with Crippen LogP contribution in [0.15, 0.2) is 35.9 Å². The van der Waals surface area contributed by atoms with Gasteiger partial charge in [-0.2, -0.15) is 4.98 Å². The summed E-state index contributed by atoms with van der Waals surface area (Å²) in [5, 5.41) is 18.8. The van der Waals surface area contributed by atoms with Crippen molar-refractivity contribution in [1.82, 2.24) is 14.9 Å². The van der Waals surface area contributed by atoms with Gasteiger partial charge in [0.2, 0.25) is 5.95 Å². The molecule has 1 fully saturated rings. The zero-order valence-electron chi connectivity index (χ0n) is 29.7. The largest absolute Gasteiger partial charge is 0.493 e. The Balaban J connectivity index is 0.00000159. The number of hydrogen-bond donors (Lipinski definition) is 3. The Morgan fingerprint density at radius 2 is 1.64 bits per heavy atom. The van der Waals surface area contributed by atoms with Crippen LogP contribution in [0.1, 0.15) is 86.0 Å². The number of likely N-dealkylation sites (tertiary alicyclic amines) is 1. The van der Waals surface area contributed by atoms with Gasteiger partial charge < -0.3 is 29.9 Å². The minimum Gasteiger partial charge on any atom is -0.493 e. The van der Waals surface area contributed by atoms with Crippen molar-refractivity contribution in [3.8, 4) is 11.5 Å². The number of piperidine rings is 1. The van der Waals surface area contributed by atoms with Crippen LogP contribution in [-0.2, 0) is 0 Å². The second kappa shape index (κ2) is 23.5. The van der Waals surface area contributed by atoms with Gasteiger partial charge in [0.05, 0.1) is 19.7 Å². The van der Waals surface area contributed by atoms with Crippen LogP contribution in [0.25, 0.3) is 10.9 Å². The normalized spacial score (nSPS) is 15.3. The molecule has 1 aromatic heterocycles. The molecule has 3 N–H and O–H groups in total. The summed E-state index contributed by atoms with van der Waals surface area (Å²) in [4.78, 5) is 15.1. The van der Waals surface area contributed by atoms with E-state index in [1.165, 1.54) is 31.3 Å². The number of rotatable bonds is 14. The van der Waals surface area contributed by atoms with Gasteiger partial charge >= 0.3 is 0 Å². The summed E-state index contributed by atoms with van der Waals surface area (Å²) in [6.45, 7) is 16.0. The lowest BCUT2D eigenvalue weighted by Crippen LogP contribution is -2.40. The molecule has 0 amide bonds. The maximum absolute atomic E-state index is 7.00. The number of aliphatic hydroxyl groups is 2. The third kappa shape index (κ3) is 12.8. The smallest absolute Gasteiger partial charge is 0.227 e. The molecule has 2 aromatic rings. The number of nitrogens with one attached hydrogen (secondary N) is 1. The van der Waals surface area contributed by atoms with Crippen molar-refractivity contribution >= 4 is 22.7 Å². The molecule has 256 valence electrons. The van der Waals surface area contributed by atoms with Gasteiger partial charge in [-0.05, 0) is 62.5 Å². The van der Waals surface area contributed by atoms with Crippen LogP contribution in [0, 0.1) is 5.92 Å². The van der Waals surface area contributed by atoms with Crippen LogP contribution in [-0.4, -0.2) is 92.3 Å². The predicted molar refractivity (Wildman–Crippen MR) is 191 cm³/mol. The first kappa shape index (κ1) is 40.1. The zero-order valence-corrected chi connectivity index (χ0v) is 29.7. The van der Waals surface area contributed by atoms with Gasteiger partial charge in [0.15, 0.2) is 11.5 Å². The van der Waals surface area contributed by atoms with E-state index < -0.39 is 0 Å². The third-order valence-electron chi connectivity index (χ3n) is 8.19. The number of aliphatic hydroxyl groups excluding tert-OH is 2. The minimum atomic E-state index is 0.376.